The molecule has 16 heavy (non-hydrogen) atoms. The zero-order chi connectivity index (χ0) is 11.7. The summed E-state index contributed by atoms with van der Waals surface area (Å²) in [6, 6.07) is 3.44. The molecule has 0 bridgehead atoms. The summed E-state index contributed by atoms with van der Waals surface area (Å²) in [7, 11) is 0. The molecule has 0 radical (unpaired) electrons. The van der Waals surface area contributed by atoms with Crippen LogP contribution in [0.1, 0.15) is 38.3 Å². The highest BCUT2D eigenvalue weighted by molar-refractivity contribution is 5.41. The minimum Gasteiger partial charge on any atom is -0.482 e. The second kappa shape index (κ2) is 4.08. The predicted molar refractivity (Wildman–Crippen MR) is 58.6 cm³/mol. The van der Waals surface area contributed by atoms with Gasteiger partial charge >= 0.3 is 5.82 Å². The Morgan fingerprint density at radius 2 is 2.19 bits per heavy atom. The summed E-state index contributed by atoms with van der Waals surface area (Å²) in [4.78, 5) is 14.4. The van der Waals surface area contributed by atoms with Crippen LogP contribution in [0.5, 0.6) is 5.75 Å². The van der Waals surface area contributed by atoms with Crippen molar-refractivity contribution in [2.75, 3.05) is 0 Å². The molecule has 1 fully saturated rings. The quantitative estimate of drug-likeness (QED) is 0.580. The van der Waals surface area contributed by atoms with Crippen LogP contribution in [0.4, 0.5) is 5.82 Å². The molecule has 0 N–H and O–H groups in total. The van der Waals surface area contributed by atoms with Gasteiger partial charge in [0.15, 0.2) is 5.69 Å². The molecular weight excluding hydrogens is 208 g/mol. The minimum atomic E-state index is -0.483. The van der Waals surface area contributed by atoms with Gasteiger partial charge in [-0.2, -0.15) is 0 Å². The van der Waals surface area contributed by atoms with Crippen LogP contribution < -0.4 is 4.74 Å². The van der Waals surface area contributed by atoms with Crippen LogP contribution in [-0.2, 0) is 0 Å². The second-order valence-electron chi connectivity index (χ2n) is 4.29. The van der Waals surface area contributed by atoms with E-state index in [2.05, 4.69) is 4.98 Å². The van der Waals surface area contributed by atoms with E-state index in [1.807, 2.05) is 13.8 Å². The van der Waals surface area contributed by atoms with E-state index < -0.39 is 4.92 Å². The molecule has 1 heterocycles. The Balaban J connectivity index is 2.32. The fourth-order valence-electron chi connectivity index (χ4n) is 1.36. The fourth-order valence-corrected chi connectivity index (χ4v) is 1.36. The molecule has 1 saturated carbocycles. The van der Waals surface area contributed by atoms with Crippen molar-refractivity contribution < 1.29 is 9.66 Å². The molecule has 1 aliphatic rings. The van der Waals surface area contributed by atoms with E-state index >= 15 is 0 Å². The standard InChI is InChI=1S/C11H14N2O3/c1-7(2)9-5-6-10(16-8-3-4-8)11(12-9)13(14)15/h5-8H,3-4H2,1-2H3. The molecule has 0 spiro atoms. The first kappa shape index (κ1) is 10.9. The number of nitro groups is 1. The summed E-state index contributed by atoms with van der Waals surface area (Å²) in [5.41, 5.74) is 0.717. The number of hydrogen-bond acceptors (Lipinski definition) is 4. The predicted octanol–water partition coefficient (Wildman–Crippen LogP) is 2.65. The number of pyridine rings is 1. The SMILES string of the molecule is CC(C)c1ccc(OC2CC2)c([N+](=O)[O-])n1. The van der Waals surface area contributed by atoms with Crippen LogP contribution in [-0.4, -0.2) is 16.0 Å². The monoisotopic (exact) mass is 222 g/mol. The molecule has 1 aromatic heterocycles. The summed E-state index contributed by atoms with van der Waals surface area (Å²) >= 11 is 0. The first-order valence-electron chi connectivity index (χ1n) is 5.40. The van der Waals surface area contributed by atoms with E-state index in [1.54, 1.807) is 12.1 Å². The third-order valence-corrected chi connectivity index (χ3v) is 2.44. The van der Waals surface area contributed by atoms with Gasteiger partial charge in [-0.25, -0.2) is 0 Å². The van der Waals surface area contributed by atoms with Gasteiger partial charge in [0.2, 0.25) is 5.75 Å². The summed E-state index contributed by atoms with van der Waals surface area (Å²) in [5.74, 6) is 0.295. The average Bonchev–Trinajstić information content (AvgIpc) is 3.01. The molecule has 5 nitrogen and oxygen atoms in total. The zero-order valence-corrected chi connectivity index (χ0v) is 9.34. The maximum Gasteiger partial charge on any atom is 0.406 e. The van der Waals surface area contributed by atoms with Crippen molar-refractivity contribution in [1.29, 1.82) is 0 Å². The minimum absolute atomic E-state index is 0.144. The zero-order valence-electron chi connectivity index (χ0n) is 9.34. The van der Waals surface area contributed by atoms with Gasteiger partial charge in [-0.05, 0) is 34.9 Å². The van der Waals surface area contributed by atoms with E-state index in [4.69, 9.17) is 4.74 Å². The van der Waals surface area contributed by atoms with Crippen LogP contribution in [0.25, 0.3) is 0 Å². The van der Waals surface area contributed by atoms with Gasteiger partial charge in [-0.3, -0.25) is 0 Å². The van der Waals surface area contributed by atoms with Crippen molar-refractivity contribution in [3.63, 3.8) is 0 Å². The van der Waals surface area contributed by atoms with Crippen molar-refractivity contribution in [2.45, 2.75) is 38.7 Å². The van der Waals surface area contributed by atoms with Gasteiger partial charge in [0, 0.05) is 5.92 Å². The maximum atomic E-state index is 10.9. The number of ether oxygens (including phenoxy) is 1. The van der Waals surface area contributed by atoms with Crippen LogP contribution in [0.15, 0.2) is 12.1 Å². The molecule has 1 aromatic rings. The lowest BCUT2D eigenvalue weighted by molar-refractivity contribution is -0.390. The Morgan fingerprint density at radius 3 is 2.69 bits per heavy atom. The molecule has 0 amide bonds. The Labute approximate surface area is 93.6 Å². The van der Waals surface area contributed by atoms with Crippen molar-refractivity contribution in [3.8, 4) is 5.75 Å². The lowest BCUT2D eigenvalue weighted by Crippen LogP contribution is -2.04. The lowest BCUT2D eigenvalue weighted by Gasteiger charge is -2.06. The van der Waals surface area contributed by atoms with E-state index in [0.29, 0.717) is 0 Å². The van der Waals surface area contributed by atoms with Crippen LogP contribution in [0.3, 0.4) is 0 Å². The van der Waals surface area contributed by atoms with Crippen molar-refractivity contribution >= 4 is 5.82 Å². The molecule has 1 aliphatic carbocycles. The van der Waals surface area contributed by atoms with Crippen LogP contribution in [0, 0.1) is 10.1 Å². The van der Waals surface area contributed by atoms with E-state index in [9.17, 15) is 10.1 Å². The molecule has 5 heteroatoms. The summed E-state index contributed by atoms with van der Waals surface area (Å²) < 4.78 is 5.45. The first-order chi connectivity index (χ1) is 7.58. The summed E-state index contributed by atoms with van der Waals surface area (Å²) in [6.07, 6.45) is 2.09. The van der Waals surface area contributed by atoms with Crippen molar-refractivity contribution in [1.82, 2.24) is 4.98 Å². The van der Waals surface area contributed by atoms with E-state index in [1.165, 1.54) is 0 Å². The van der Waals surface area contributed by atoms with Gasteiger partial charge in [-0.15, -0.1) is 0 Å². The fraction of sp³-hybridized carbons (Fsp3) is 0.545. The molecule has 0 unspecified atom stereocenters. The van der Waals surface area contributed by atoms with Crippen LogP contribution in [0.2, 0.25) is 0 Å². The number of aromatic nitrogens is 1. The molecule has 0 aliphatic heterocycles. The molecule has 2 rings (SSSR count). The highest BCUT2D eigenvalue weighted by Crippen LogP contribution is 2.33. The van der Waals surface area contributed by atoms with E-state index in [-0.39, 0.29) is 23.6 Å². The average molecular weight is 222 g/mol. The second-order valence-corrected chi connectivity index (χ2v) is 4.29. The van der Waals surface area contributed by atoms with Gasteiger partial charge in [-0.1, -0.05) is 13.8 Å². The van der Waals surface area contributed by atoms with Gasteiger partial charge in [0.1, 0.15) is 0 Å². The summed E-state index contributed by atoms with van der Waals surface area (Å²) in [5, 5.41) is 10.9. The van der Waals surface area contributed by atoms with Gasteiger partial charge in [0.25, 0.3) is 0 Å². The van der Waals surface area contributed by atoms with E-state index in [0.717, 1.165) is 18.5 Å². The Bertz CT molecular complexity index is 414. The topological polar surface area (TPSA) is 65.3 Å². The van der Waals surface area contributed by atoms with Crippen molar-refractivity contribution in [2.24, 2.45) is 0 Å². The first-order valence-corrected chi connectivity index (χ1v) is 5.40. The third-order valence-electron chi connectivity index (χ3n) is 2.44. The van der Waals surface area contributed by atoms with Gasteiger partial charge < -0.3 is 14.9 Å². The molecular formula is C11H14N2O3. The number of hydrogen-bond donors (Lipinski definition) is 0. The Hall–Kier alpha value is -1.65. The number of rotatable bonds is 4. The molecule has 0 saturated heterocycles. The van der Waals surface area contributed by atoms with Crippen molar-refractivity contribution in [3.05, 3.63) is 27.9 Å². The smallest absolute Gasteiger partial charge is 0.406 e. The Kier molecular flexibility index (Phi) is 2.77. The molecule has 0 atom stereocenters. The summed E-state index contributed by atoms with van der Waals surface area (Å²) in [6.45, 7) is 3.90. The lowest BCUT2D eigenvalue weighted by atomic mass is 10.1. The number of nitrogens with zero attached hydrogens (tertiary/aromatic N) is 2. The normalized spacial score (nSPS) is 15.2. The highest BCUT2D eigenvalue weighted by Gasteiger charge is 2.28. The third kappa shape index (κ3) is 2.29. The Morgan fingerprint density at radius 1 is 1.50 bits per heavy atom. The largest absolute Gasteiger partial charge is 0.482 e. The van der Waals surface area contributed by atoms with Crippen LogP contribution >= 0.6 is 0 Å². The molecule has 86 valence electrons. The maximum absolute atomic E-state index is 10.9. The molecule has 0 aromatic carbocycles. The highest BCUT2D eigenvalue weighted by atomic mass is 16.6. The van der Waals surface area contributed by atoms with Gasteiger partial charge in [0.05, 0.1) is 6.10 Å².